The summed E-state index contributed by atoms with van der Waals surface area (Å²) in [5.41, 5.74) is -0.0137. The summed E-state index contributed by atoms with van der Waals surface area (Å²) in [5.74, 6) is -1.54. The Hall–Kier alpha value is -2.76. The van der Waals surface area contributed by atoms with Gasteiger partial charge in [-0.05, 0) is 36.5 Å². The Kier molecular flexibility index (Phi) is 4.25. The normalized spacial score (nSPS) is 28.0. The first-order chi connectivity index (χ1) is 13.2. The molecule has 0 N–H and O–H groups in total. The highest BCUT2D eigenvalue weighted by Gasteiger charge is 2.59. The number of Topliss-reactive ketones (excluding diaryl/α,β-unsaturated/α-hetero) is 1. The van der Waals surface area contributed by atoms with E-state index in [9.17, 15) is 19.2 Å². The molecule has 4 rings (SSSR count). The second-order valence-corrected chi connectivity index (χ2v) is 8.81. The molecule has 1 aliphatic heterocycles. The lowest BCUT2D eigenvalue weighted by molar-refractivity contribution is -0.129. The van der Waals surface area contributed by atoms with Crippen molar-refractivity contribution in [1.82, 2.24) is 0 Å². The Morgan fingerprint density at radius 1 is 1.07 bits per heavy atom. The van der Waals surface area contributed by atoms with Crippen LogP contribution < -0.4 is 4.90 Å². The van der Waals surface area contributed by atoms with Crippen molar-refractivity contribution in [2.24, 2.45) is 29.1 Å². The Morgan fingerprint density at radius 2 is 1.68 bits per heavy atom. The van der Waals surface area contributed by atoms with E-state index in [-0.39, 0.29) is 53.4 Å². The van der Waals surface area contributed by atoms with Crippen molar-refractivity contribution >= 4 is 29.3 Å². The van der Waals surface area contributed by atoms with Crippen LogP contribution in [-0.2, 0) is 19.1 Å². The Balaban J connectivity index is 1.52. The molecule has 4 atom stereocenters. The minimum absolute atomic E-state index is 0.132. The molecule has 1 aromatic rings. The number of amides is 2. The fourth-order valence-electron chi connectivity index (χ4n) is 4.36. The van der Waals surface area contributed by atoms with Gasteiger partial charge in [0.1, 0.15) is 0 Å². The summed E-state index contributed by atoms with van der Waals surface area (Å²) >= 11 is 0. The van der Waals surface area contributed by atoms with Crippen LogP contribution >= 0.6 is 0 Å². The third-order valence-electron chi connectivity index (χ3n) is 5.98. The van der Waals surface area contributed by atoms with E-state index >= 15 is 0 Å². The molecule has 6 nitrogen and oxygen atoms in total. The van der Waals surface area contributed by atoms with Crippen LogP contribution in [0.2, 0.25) is 0 Å². The van der Waals surface area contributed by atoms with E-state index in [1.807, 2.05) is 12.2 Å². The summed E-state index contributed by atoms with van der Waals surface area (Å²) in [6, 6.07) is 6.28. The second kappa shape index (κ2) is 6.40. The van der Waals surface area contributed by atoms with Gasteiger partial charge in [0.2, 0.25) is 11.8 Å². The SMILES string of the molecule is CC(C)(C)C(=O)COC(=O)c1cccc(N2C(=O)[C@@H]3[C@@H](C2=O)[C@H]2C=C[C@@H]3C2)c1. The topological polar surface area (TPSA) is 80.8 Å². The molecule has 2 amide bonds. The highest BCUT2D eigenvalue weighted by molar-refractivity contribution is 6.23. The fourth-order valence-corrected chi connectivity index (χ4v) is 4.36. The zero-order valence-electron chi connectivity index (χ0n) is 16.2. The number of ketones is 1. The number of anilines is 1. The first-order valence-electron chi connectivity index (χ1n) is 9.55. The van der Waals surface area contributed by atoms with Crippen molar-refractivity contribution in [3.05, 3.63) is 42.0 Å². The minimum Gasteiger partial charge on any atom is -0.454 e. The van der Waals surface area contributed by atoms with Gasteiger partial charge in [0.15, 0.2) is 12.4 Å². The number of hydrogen-bond donors (Lipinski definition) is 0. The van der Waals surface area contributed by atoms with Gasteiger partial charge in [-0.3, -0.25) is 14.4 Å². The first-order valence-corrected chi connectivity index (χ1v) is 9.55. The number of fused-ring (bicyclic) bond motifs is 5. The molecule has 0 spiro atoms. The Morgan fingerprint density at radius 3 is 2.25 bits per heavy atom. The average molecular weight is 381 g/mol. The van der Waals surface area contributed by atoms with Crippen molar-refractivity contribution in [2.45, 2.75) is 27.2 Å². The second-order valence-electron chi connectivity index (χ2n) is 8.81. The number of ether oxygens (including phenoxy) is 1. The van der Waals surface area contributed by atoms with E-state index in [1.165, 1.54) is 11.0 Å². The fraction of sp³-hybridized carbons (Fsp3) is 0.455. The number of carbonyl (C=O) groups is 4. The summed E-state index contributed by atoms with van der Waals surface area (Å²) in [6.45, 7) is 4.96. The van der Waals surface area contributed by atoms with Crippen LogP contribution in [0.25, 0.3) is 0 Å². The molecule has 2 aliphatic carbocycles. The molecule has 0 radical (unpaired) electrons. The van der Waals surface area contributed by atoms with Gasteiger partial charge in [-0.2, -0.15) is 0 Å². The number of esters is 1. The molecular formula is C22H23NO5. The maximum Gasteiger partial charge on any atom is 0.338 e. The number of hydrogen-bond acceptors (Lipinski definition) is 5. The zero-order chi connectivity index (χ0) is 20.2. The molecule has 0 unspecified atom stereocenters. The largest absolute Gasteiger partial charge is 0.454 e. The van der Waals surface area contributed by atoms with Gasteiger partial charge in [-0.15, -0.1) is 0 Å². The van der Waals surface area contributed by atoms with Crippen LogP contribution in [0.5, 0.6) is 0 Å². The summed E-state index contributed by atoms with van der Waals surface area (Å²) in [7, 11) is 0. The van der Waals surface area contributed by atoms with Gasteiger partial charge in [0.25, 0.3) is 0 Å². The van der Waals surface area contributed by atoms with Crippen molar-refractivity contribution < 1.29 is 23.9 Å². The Bertz CT molecular complexity index is 880. The number of nitrogens with zero attached hydrogens (tertiary/aromatic N) is 1. The lowest BCUT2D eigenvalue weighted by Crippen LogP contribution is -2.33. The standard InChI is InChI=1S/C22H23NO5/c1-22(2,3)16(24)11-28-21(27)14-5-4-6-15(10-14)23-19(25)17-12-7-8-13(9-12)18(17)20(23)26/h4-8,10,12-13,17-18H,9,11H2,1-3H3/t12-,13+,17-,18-/m0/s1. The van der Waals surface area contributed by atoms with E-state index in [1.54, 1.807) is 39.0 Å². The molecule has 1 heterocycles. The molecule has 2 fully saturated rings. The molecule has 1 saturated heterocycles. The van der Waals surface area contributed by atoms with Gasteiger partial charge < -0.3 is 4.74 Å². The molecule has 3 aliphatic rings. The van der Waals surface area contributed by atoms with Gasteiger partial charge in [0, 0.05) is 5.41 Å². The van der Waals surface area contributed by atoms with E-state index in [0.29, 0.717) is 5.69 Å². The third-order valence-corrected chi connectivity index (χ3v) is 5.98. The predicted molar refractivity (Wildman–Crippen MR) is 101 cm³/mol. The molecule has 1 saturated carbocycles. The maximum absolute atomic E-state index is 12.9. The van der Waals surface area contributed by atoms with E-state index in [4.69, 9.17) is 4.74 Å². The number of allylic oxidation sites excluding steroid dienone is 2. The van der Waals surface area contributed by atoms with Crippen LogP contribution in [0.3, 0.4) is 0 Å². The molecule has 146 valence electrons. The molecule has 2 bridgehead atoms. The maximum atomic E-state index is 12.9. The van der Waals surface area contributed by atoms with Crippen LogP contribution in [0.4, 0.5) is 5.69 Å². The third kappa shape index (κ3) is 2.87. The quantitative estimate of drug-likeness (QED) is 0.455. The van der Waals surface area contributed by atoms with Crippen LogP contribution in [0.1, 0.15) is 37.6 Å². The average Bonchev–Trinajstić information content (AvgIpc) is 3.32. The molecule has 28 heavy (non-hydrogen) atoms. The summed E-state index contributed by atoms with van der Waals surface area (Å²) in [5, 5.41) is 0. The van der Waals surface area contributed by atoms with Gasteiger partial charge in [-0.25, -0.2) is 9.69 Å². The van der Waals surface area contributed by atoms with Crippen LogP contribution in [-0.4, -0.2) is 30.2 Å². The molecule has 6 heteroatoms. The highest BCUT2D eigenvalue weighted by atomic mass is 16.5. The van der Waals surface area contributed by atoms with Gasteiger partial charge >= 0.3 is 5.97 Å². The summed E-state index contributed by atoms with van der Waals surface area (Å²) < 4.78 is 5.12. The van der Waals surface area contributed by atoms with Crippen molar-refractivity contribution in [2.75, 3.05) is 11.5 Å². The number of imide groups is 1. The van der Waals surface area contributed by atoms with Crippen molar-refractivity contribution in [3.63, 3.8) is 0 Å². The van der Waals surface area contributed by atoms with E-state index in [2.05, 4.69) is 0 Å². The smallest absolute Gasteiger partial charge is 0.338 e. The predicted octanol–water partition coefficient (Wildman–Crippen LogP) is 2.77. The number of rotatable bonds is 4. The zero-order valence-corrected chi connectivity index (χ0v) is 16.2. The van der Waals surface area contributed by atoms with E-state index < -0.39 is 11.4 Å². The minimum atomic E-state index is -0.652. The van der Waals surface area contributed by atoms with Gasteiger partial charge in [0.05, 0.1) is 23.1 Å². The lowest BCUT2D eigenvalue weighted by Gasteiger charge is -2.18. The Labute approximate surface area is 163 Å². The molecule has 1 aromatic carbocycles. The number of benzene rings is 1. The van der Waals surface area contributed by atoms with Crippen LogP contribution in [0, 0.1) is 29.1 Å². The van der Waals surface area contributed by atoms with Crippen LogP contribution in [0.15, 0.2) is 36.4 Å². The van der Waals surface area contributed by atoms with Crippen molar-refractivity contribution in [3.8, 4) is 0 Å². The summed E-state index contributed by atoms with van der Waals surface area (Å²) in [4.78, 5) is 51.3. The molecule has 0 aromatic heterocycles. The lowest BCUT2D eigenvalue weighted by atomic mass is 9.85. The first kappa shape index (κ1) is 18.6. The monoisotopic (exact) mass is 381 g/mol. The van der Waals surface area contributed by atoms with Gasteiger partial charge in [-0.1, -0.05) is 39.0 Å². The molecular weight excluding hydrogens is 358 g/mol. The van der Waals surface area contributed by atoms with E-state index in [0.717, 1.165) is 6.42 Å². The van der Waals surface area contributed by atoms with Crippen molar-refractivity contribution in [1.29, 1.82) is 0 Å². The summed E-state index contributed by atoms with van der Waals surface area (Å²) in [6.07, 6.45) is 4.95. The highest BCUT2D eigenvalue weighted by Crippen LogP contribution is 2.53. The number of carbonyl (C=O) groups excluding carboxylic acids is 4.